The Morgan fingerprint density at radius 3 is 0.904 bits per heavy atom. The lowest BCUT2D eigenvalue weighted by atomic mass is 10.1. The summed E-state index contributed by atoms with van der Waals surface area (Å²) in [5, 5.41) is 0. The van der Waals surface area contributed by atoms with E-state index in [-0.39, 0.29) is 31.6 Å². The number of allylic oxidation sites excluding steroid dienone is 27. The van der Waals surface area contributed by atoms with Crippen molar-refractivity contribution in [3.63, 3.8) is 0 Å². The zero-order valence-electron chi connectivity index (χ0n) is 46.3. The number of hydrogen-bond donors (Lipinski definition) is 0. The van der Waals surface area contributed by atoms with Crippen molar-refractivity contribution in [1.29, 1.82) is 0 Å². The van der Waals surface area contributed by atoms with Gasteiger partial charge in [0.1, 0.15) is 13.2 Å². The van der Waals surface area contributed by atoms with Crippen molar-refractivity contribution >= 4 is 17.9 Å². The first-order valence-corrected chi connectivity index (χ1v) is 28.6. The normalized spacial score (nSPS) is 13.4. The van der Waals surface area contributed by atoms with Gasteiger partial charge in [0, 0.05) is 12.8 Å². The van der Waals surface area contributed by atoms with Gasteiger partial charge in [0.05, 0.1) is 6.42 Å². The van der Waals surface area contributed by atoms with Crippen molar-refractivity contribution in [3.8, 4) is 0 Å². The molecule has 0 aromatic heterocycles. The number of esters is 3. The molecule has 0 saturated heterocycles. The van der Waals surface area contributed by atoms with Gasteiger partial charge in [-0.15, -0.1) is 0 Å². The van der Waals surface area contributed by atoms with Crippen LogP contribution >= 0.6 is 0 Å². The minimum absolute atomic E-state index is 0.0821. The summed E-state index contributed by atoms with van der Waals surface area (Å²) in [6.07, 6.45) is 88.1. The van der Waals surface area contributed by atoms with E-state index in [9.17, 15) is 14.4 Å². The Morgan fingerprint density at radius 1 is 0.301 bits per heavy atom. The molecule has 0 aromatic rings. The number of ether oxygens (including phenoxy) is 3. The van der Waals surface area contributed by atoms with Crippen LogP contribution in [0.2, 0.25) is 0 Å². The minimum atomic E-state index is -0.852. The SMILES string of the molecule is CC/C=C\C/C=C\C/C=C\C/C=C\C/C=C\C/C=C\C/C=C\C/C=C\C/C=C\CCCCCC(=O)OCC(COC(=O)CCCCCCCCCCC)OC(=O)C/C=C\C/C=C\C/C=C\C/C=C\C/C=C\CC. The molecule has 6 nitrogen and oxygen atoms in total. The maximum atomic E-state index is 12.7. The molecule has 0 rings (SSSR count). The van der Waals surface area contributed by atoms with E-state index in [1.165, 1.54) is 38.5 Å². The molecule has 0 radical (unpaired) electrons. The van der Waals surface area contributed by atoms with E-state index >= 15 is 0 Å². The molecule has 0 N–H and O–H groups in total. The Labute approximate surface area is 447 Å². The summed E-state index contributed by atoms with van der Waals surface area (Å²) < 4.78 is 16.6. The number of rotatable bonds is 49. The minimum Gasteiger partial charge on any atom is -0.462 e. The fourth-order valence-electron chi connectivity index (χ4n) is 7.04. The molecule has 0 aliphatic heterocycles. The van der Waals surface area contributed by atoms with Gasteiger partial charge in [0.25, 0.3) is 0 Å². The predicted molar refractivity (Wildman–Crippen MR) is 315 cm³/mol. The van der Waals surface area contributed by atoms with Crippen molar-refractivity contribution in [1.82, 2.24) is 0 Å². The lowest BCUT2D eigenvalue weighted by molar-refractivity contribution is -0.166. The lowest BCUT2D eigenvalue weighted by Gasteiger charge is -2.18. The average molecular weight is 1000 g/mol. The molecule has 1 atom stereocenters. The number of unbranched alkanes of at least 4 members (excludes halogenated alkanes) is 11. The van der Waals surface area contributed by atoms with Crippen LogP contribution in [0.3, 0.4) is 0 Å². The maximum absolute atomic E-state index is 12.7. The molecule has 0 heterocycles. The highest BCUT2D eigenvalue weighted by Gasteiger charge is 2.19. The highest BCUT2D eigenvalue weighted by atomic mass is 16.6. The Kier molecular flexibility index (Phi) is 55.1. The van der Waals surface area contributed by atoms with Crippen molar-refractivity contribution < 1.29 is 28.6 Å². The molecule has 0 bridgehead atoms. The summed E-state index contributed by atoms with van der Waals surface area (Å²) >= 11 is 0. The van der Waals surface area contributed by atoms with Gasteiger partial charge in [-0.1, -0.05) is 249 Å². The fourth-order valence-corrected chi connectivity index (χ4v) is 7.04. The molecule has 1 unspecified atom stereocenters. The molecule has 0 saturated carbocycles. The molecular weight excluding hydrogens is 901 g/mol. The Balaban J connectivity index is 4.40. The standard InChI is InChI=1S/C67H102O6/c1-4-7-10-13-16-19-21-23-25-26-27-28-29-30-31-32-33-34-35-36-37-38-39-40-42-43-45-48-51-54-57-60-66(69)72-63-64(62-71-65(68)59-56-53-50-47-18-15-12-9-6-3)73-67(70)61-58-55-52-49-46-44-41-24-22-20-17-14-11-8-5-2/h7-8,10-11,16-17,19-20,23-25,27-28,30-31,33-34,36-37,39-41,43,45-46,49,55,58,64H,4-6,9,12-15,18,21-22,26,29,32,35,38,42,44,47-48,50-54,56-57,59-63H2,1-3H3/b10-7-,11-8-,19-16-,20-17-,25-23-,28-27-,31-30-,34-33-,37-36-,40-39-,41-24-,45-43-,49-46-,58-55-. The number of carbonyl (C=O) groups is 3. The zero-order valence-corrected chi connectivity index (χ0v) is 46.3. The fraction of sp³-hybridized carbons (Fsp3) is 0.537. The summed E-state index contributed by atoms with van der Waals surface area (Å²) in [7, 11) is 0. The average Bonchev–Trinajstić information content (AvgIpc) is 3.39. The predicted octanol–water partition coefficient (Wildman–Crippen LogP) is 19.5. The van der Waals surface area contributed by atoms with E-state index < -0.39 is 12.1 Å². The summed E-state index contributed by atoms with van der Waals surface area (Å²) in [5.74, 6) is -1.11. The van der Waals surface area contributed by atoms with Gasteiger partial charge in [-0.3, -0.25) is 14.4 Å². The highest BCUT2D eigenvalue weighted by Crippen LogP contribution is 2.12. The first kappa shape index (κ1) is 67.8. The molecule has 0 amide bonds. The van der Waals surface area contributed by atoms with E-state index in [4.69, 9.17) is 14.2 Å². The van der Waals surface area contributed by atoms with Crippen LogP contribution in [0, 0.1) is 0 Å². The van der Waals surface area contributed by atoms with Gasteiger partial charge in [-0.25, -0.2) is 0 Å². The molecule has 6 heteroatoms. The van der Waals surface area contributed by atoms with E-state index in [1.807, 2.05) is 6.08 Å². The van der Waals surface area contributed by atoms with Gasteiger partial charge >= 0.3 is 17.9 Å². The Morgan fingerprint density at radius 2 is 0.575 bits per heavy atom. The van der Waals surface area contributed by atoms with Gasteiger partial charge in [-0.05, 0) is 116 Å². The first-order chi connectivity index (χ1) is 36.0. The third-order valence-corrected chi connectivity index (χ3v) is 11.2. The largest absolute Gasteiger partial charge is 0.462 e. The lowest BCUT2D eigenvalue weighted by Crippen LogP contribution is -2.30. The van der Waals surface area contributed by atoms with Gasteiger partial charge in [-0.2, -0.15) is 0 Å². The van der Waals surface area contributed by atoms with Crippen LogP contribution in [0.25, 0.3) is 0 Å². The second-order valence-electron chi connectivity index (χ2n) is 18.1. The molecular formula is C67H102O6. The summed E-state index contributed by atoms with van der Waals surface area (Å²) in [5.41, 5.74) is 0. The summed E-state index contributed by atoms with van der Waals surface area (Å²) in [4.78, 5) is 37.9. The van der Waals surface area contributed by atoms with Crippen LogP contribution in [0.5, 0.6) is 0 Å². The molecule has 0 aliphatic carbocycles. The zero-order chi connectivity index (χ0) is 52.9. The highest BCUT2D eigenvalue weighted by molar-refractivity contribution is 5.72. The van der Waals surface area contributed by atoms with E-state index in [0.717, 1.165) is 128 Å². The molecule has 406 valence electrons. The van der Waals surface area contributed by atoms with E-state index in [1.54, 1.807) is 6.08 Å². The molecule has 73 heavy (non-hydrogen) atoms. The maximum Gasteiger partial charge on any atom is 0.310 e. The number of carbonyl (C=O) groups excluding carboxylic acids is 3. The van der Waals surface area contributed by atoms with Crippen molar-refractivity contribution in [2.24, 2.45) is 0 Å². The topological polar surface area (TPSA) is 78.9 Å². The van der Waals surface area contributed by atoms with Crippen molar-refractivity contribution in [2.75, 3.05) is 13.2 Å². The van der Waals surface area contributed by atoms with Crippen LogP contribution in [0.15, 0.2) is 170 Å². The van der Waals surface area contributed by atoms with Crippen molar-refractivity contribution in [2.45, 2.75) is 219 Å². The molecule has 0 aromatic carbocycles. The molecule has 0 spiro atoms. The Bertz CT molecular complexity index is 1720. The van der Waals surface area contributed by atoms with Gasteiger partial charge < -0.3 is 14.2 Å². The smallest absolute Gasteiger partial charge is 0.310 e. The van der Waals surface area contributed by atoms with Crippen LogP contribution in [-0.2, 0) is 28.6 Å². The quantitative estimate of drug-likeness (QED) is 0.0261. The van der Waals surface area contributed by atoms with E-state index in [0.29, 0.717) is 19.3 Å². The van der Waals surface area contributed by atoms with Crippen LogP contribution < -0.4 is 0 Å². The van der Waals surface area contributed by atoms with E-state index in [2.05, 4.69) is 179 Å². The first-order valence-electron chi connectivity index (χ1n) is 28.6. The summed E-state index contributed by atoms with van der Waals surface area (Å²) in [6, 6.07) is 0. The molecule has 0 aliphatic rings. The monoisotopic (exact) mass is 1000 g/mol. The Hall–Kier alpha value is -5.23. The summed E-state index contributed by atoms with van der Waals surface area (Å²) in [6.45, 7) is 6.25. The molecule has 0 fully saturated rings. The van der Waals surface area contributed by atoms with Gasteiger partial charge in [0.15, 0.2) is 6.10 Å². The van der Waals surface area contributed by atoms with Crippen LogP contribution in [0.1, 0.15) is 213 Å². The number of hydrogen-bond acceptors (Lipinski definition) is 6. The second-order valence-corrected chi connectivity index (χ2v) is 18.1. The van der Waals surface area contributed by atoms with Crippen LogP contribution in [0.4, 0.5) is 0 Å². The van der Waals surface area contributed by atoms with Gasteiger partial charge in [0.2, 0.25) is 0 Å². The van der Waals surface area contributed by atoms with Crippen LogP contribution in [-0.4, -0.2) is 37.2 Å². The second kappa shape index (κ2) is 59.3. The van der Waals surface area contributed by atoms with Crippen molar-refractivity contribution in [3.05, 3.63) is 170 Å². The third-order valence-electron chi connectivity index (χ3n) is 11.2. The third kappa shape index (κ3) is 57.5.